The summed E-state index contributed by atoms with van der Waals surface area (Å²) in [5.41, 5.74) is 2.38. The number of rotatable bonds is 7. The number of carbonyl (C=O) groups is 1. The van der Waals surface area contributed by atoms with Crippen molar-refractivity contribution in [3.8, 4) is 0 Å². The molecule has 0 radical (unpaired) electrons. The van der Waals surface area contributed by atoms with Gasteiger partial charge in [0.15, 0.2) is 0 Å². The van der Waals surface area contributed by atoms with Crippen molar-refractivity contribution >= 4 is 27.3 Å². The van der Waals surface area contributed by atoms with Crippen molar-refractivity contribution in [3.05, 3.63) is 52.4 Å². The first-order chi connectivity index (χ1) is 13.0. The first kappa shape index (κ1) is 20.0. The van der Waals surface area contributed by atoms with Crippen LogP contribution in [0.3, 0.4) is 0 Å². The van der Waals surface area contributed by atoms with E-state index in [9.17, 15) is 13.2 Å². The molecule has 5 nitrogen and oxygen atoms in total. The molecule has 0 saturated carbocycles. The van der Waals surface area contributed by atoms with Gasteiger partial charge in [0.05, 0.1) is 12.5 Å². The number of fused-ring (bicyclic) bond motifs is 1. The number of thiophene rings is 1. The maximum Gasteiger partial charge on any atom is 0.252 e. The van der Waals surface area contributed by atoms with E-state index in [0.717, 1.165) is 29.7 Å². The van der Waals surface area contributed by atoms with Crippen LogP contribution in [0, 0.1) is 0 Å². The van der Waals surface area contributed by atoms with E-state index in [1.807, 2.05) is 32.0 Å². The van der Waals surface area contributed by atoms with Crippen molar-refractivity contribution < 1.29 is 13.2 Å². The van der Waals surface area contributed by atoms with Gasteiger partial charge in [0.1, 0.15) is 4.21 Å². The molecule has 146 valence electrons. The molecular formula is C20H26N2O3S2. The Morgan fingerprint density at radius 2 is 1.93 bits per heavy atom. The van der Waals surface area contributed by atoms with Gasteiger partial charge in [-0.15, -0.1) is 11.3 Å². The van der Waals surface area contributed by atoms with E-state index in [2.05, 4.69) is 11.4 Å². The van der Waals surface area contributed by atoms with Gasteiger partial charge in [-0.05, 0) is 42.5 Å². The molecule has 1 amide bonds. The predicted molar refractivity (Wildman–Crippen MR) is 108 cm³/mol. The molecule has 27 heavy (non-hydrogen) atoms. The SMILES string of the molecule is CCN(CC)S(=O)(=O)c1ccc(CNC(=O)[C@@H]2CCCc3ccccc32)s1. The second kappa shape index (κ2) is 8.54. The minimum atomic E-state index is -3.44. The largest absolute Gasteiger partial charge is 0.351 e. The number of hydrogen-bond acceptors (Lipinski definition) is 4. The van der Waals surface area contributed by atoms with Gasteiger partial charge in [0.2, 0.25) is 5.91 Å². The monoisotopic (exact) mass is 406 g/mol. The van der Waals surface area contributed by atoms with E-state index in [1.165, 1.54) is 21.2 Å². The van der Waals surface area contributed by atoms with Crippen molar-refractivity contribution in [2.75, 3.05) is 13.1 Å². The van der Waals surface area contributed by atoms with Crippen LogP contribution in [0.25, 0.3) is 0 Å². The van der Waals surface area contributed by atoms with Gasteiger partial charge in [-0.25, -0.2) is 8.42 Å². The van der Waals surface area contributed by atoms with E-state index in [1.54, 1.807) is 12.1 Å². The number of carbonyl (C=O) groups excluding carboxylic acids is 1. The summed E-state index contributed by atoms with van der Waals surface area (Å²) in [5, 5.41) is 2.99. The number of amides is 1. The summed E-state index contributed by atoms with van der Waals surface area (Å²) < 4.78 is 26.9. The molecule has 0 fully saturated rings. The van der Waals surface area contributed by atoms with Gasteiger partial charge in [-0.3, -0.25) is 4.79 Å². The number of nitrogens with one attached hydrogen (secondary N) is 1. The highest BCUT2D eigenvalue weighted by Gasteiger charge is 2.27. The summed E-state index contributed by atoms with van der Waals surface area (Å²) in [5.74, 6) is -0.0995. The van der Waals surface area contributed by atoms with Gasteiger partial charge in [0.25, 0.3) is 10.0 Å². The second-order valence-electron chi connectivity index (χ2n) is 6.67. The fraction of sp³-hybridized carbons (Fsp3) is 0.450. The number of sulfonamides is 1. The van der Waals surface area contributed by atoms with Gasteiger partial charge in [-0.1, -0.05) is 38.1 Å². The smallest absolute Gasteiger partial charge is 0.252 e. The molecule has 0 spiro atoms. The van der Waals surface area contributed by atoms with Crippen LogP contribution in [0.4, 0.5) is 0 Å². The summed E-state index contributed by atoms with van der Waals surface area (Å²) in [6.45, 7) is 4.92. The van der Waals surface area contributed by atoms with Crippen LogP contribution in [0.1, 0.15) is 48.6 Å². The highest BCUT2D eigenvalue weighted by molar-refractivity contribution is 7.91. The Balaban J connectivity index is 1.67. The molecule has 1 aliphatic rings. The van der Waals surface area contributed by atoms with Crippen LogP contribution in [-0.4, -0.2) is 31.7 Å². The molecule has 0 saturated heterocycles. The Morgan fingerprint density at radius 1 is 1.19 bits per heavy atom. The molecule has 1 aromatic heterocycles. The lowest BCUT2D eigenvalue weighted by molar-refractivity contribution is -0.123. The minimum absolute atomic E-state index is 0.0173. The lowest BCUT2D eigenvalue weighted by atomic mass is 9.82. The number of nitrogens with zero attached hydrogens (tertiary/aromatic N) is 1. The van der Waals surface area contributed by atoms with Crippen molar-refractivity contribution in [1.82, 2.24) is 9.62 Å². The molecule has 0 aliphatic heterocycles. The standard InChI is InChI=1S/C20H26N2O3S2/c1-3-22(4-2)27(24,25)19-13-12-16(26-19)14-21-20(23)18-11-7-9-15-8-5-6-10-17(15)18/h5-6,8,10,12-13,18H,3-4,7,9,11,14H2,1-2H3,(H,21,23)/t18-/m1/s1. The first-order valence-corrected chi connectivity index (χ1v) is 11.7. The number of aryl methyl sites for hydroxylation is 1. The molecule has 1 aromatic carbocycles. The second-order valence-corrected chi connectivity index (χ2v) is 10.0. The first-order valence-electron chi connectivity index (χ1n) is 9.41. The van der Waals surface area contributed by atoms with Crippen molar-refractivity contribution in [2.45, 2.75) is 49.8 Å². The lowest BCUT2D eigenvalue weighted by Crippen LogP contribution is -2.31. The fourth-order valence-corrected chi connectivity index (χ4v) is 6.51. The van der Waals surface area contributed by atoms with Crippen molar-refractivity contribution in [2.24, 2.45) is 0 Å². The van der Waals surface area contributed by atoms with Crippen molar-refractivity contribution in [1.29, 1.82) is 0 Å². The molecule has 1 heterocycles. The van der Waals surface area contributed by atoms with Crippen LogP contribution in [-0.2, 0) is 27.8 Å². The van der Waals surface area contributed by atoms with Crippen LogP contribution in [0.2, 0.25) is 0 Å². The molecule has 2 aromatic rings. The minimum Gasteiger partial charge on any atom is -0.351 e. The molecule has 0 bridgehead atoms. The highest BCUT2D eigenvalue weighted by Crippen LogP contribution is 2.32. The zero-order chi connectivity index (χ0) is 19.4. The quantitative estimate of drug-likeness (QED) is 0.765. The van der Waals surface area contributed by atoms with Gasteiger partial charge in [-0.2, -0.15) is 4.31 Å². The van der Waals surface area contributed by atoms with E-state index in [-0.39, 0.29) is 11.8 Å². The molecular weight excluding hydrogens is 380 g/mol. The summed E-state index contributed by atoms with van der Waals surface area (Å²) in [6, 6.07) is 11.6. The molecule has 1 aliphatic carbocycles. The summed E-state index contributed by atoms with van der Waals surface area (Å²) in [4.78, 5) is 13.6. The van der Waals surface area contributed by atoms with E-state index in [4.69, 9.17) is 0 Å². The Morgan fingerprint density at radius 3 is 2.67 bits per heavy atom. The predicted octanol–water partition coefficient (Wildman–Crippen LogP) is 3.51. The van der Waals surface area contributed by atoms with Gasteiger partial charge < -0.3 is 5.32 Å². The van der Waals surface area contributed by atoms with Crippen molar-refractivity contribution in [3.63, 3.8) is 0 Å². The highest BCUT2D eigenvalue weighted by atomic mass is 32.2. The summed E-state index contributed by atoms with van der Waals surface area (Å²) >= 11 is 1.23. The average molecular weight is 407 g/mol. The average Bonchev–Trinajstić information content (AvgIpc) is 3.16. The van der Waals surface area contributed by atoms with E-state index in [0.29, 0.717) is 23.8 Å². The molecule has 7 heteroatoms. The Labute approximate surface area is 165 Å². The Kier molecular flexibility index (Phi) is 6.34. The Bertz CT molecular complexity index is 901. The zero-order valence-electron chi connectivity index (χ0n) is 15.8. The molecule has 0 unspecified atom stereocenters. The van der Waals surface area contributed by atoms with Crippen LogP contribution >= 0.6 is 11.3 Å². The number of benzene rings is 1. The summed E-state index contributed by atoms with van der Waals surface area (Å²) in [6.07, 6.45) is 2.90. The Hall–Kier alpha value is -1.70. The van der Waals surface area contributed by atoms with E-state index >= 15 is 0 Å². The zero-order valence-corrected chi connectivity index (χ0v) is 17.4. The van der Waals surface area contributed by atoms with E-state index < -0.39 is 10.0 Å². The van der Waals surface area contributed by atoms with Gasteiger partial charge >= 0.3 is 0 Å². The maximum absolute atomic E-state index is 12.7. The normalized spacial score (nSPS) is 16.9. The molecule has 1 atom stereocenters. The third-order valence-electron chi connectivity index (χ3n) is 5.06. The summed E-state index contributed by atoms with van der Waals surface area (Å²) in [7, 11) is -3.44. The van der Waals surface area contributed by atoms with Crippen LogP contribution in [0.5, 0.6) is 0 Å². The lowest BCUT2D eigenvalue weighted by Gasteiger charge is -2.24. The van der Waals surface area contributed by atoms with Crippen LogP contribution < -0.4 is 5.32 Å². The number of hydrogen-bond donors (Lipinski definition) is 1. The van der Waals surface area contributed by atoms with Crippen LogP contribution in [0.15, 0.2) is 40.6 Å². The molecule has 3 rings (SSSR count). The molecule has 1 N–H and O–H groups in total. The fourth-order valence-electron chi connectivity index (χ4n) is 3.61. The van der Waals surface area contributed by atoms with Gasteiger partial charge in [0, 0.05) is 18.0 Å². The third-order valence-corrected chi connectivity index (χ3v) is 8.66. The topological polar surface area (TPSA) is 66.5 Å². The third kappa shape index (κ3) is 4.25. The maximum atomic E-state index is 12.7.